The van der Waals surface area contributed by atoms with Crippen LogP contribution in [0.15, 0.2) is 54.9 Å². The van der Waals surface area contributed by atoms with Crippen molar-refractivity contribution in [2.75, 3.05) is 0 Å². The Bertz CT molecular complexity index is 635. The van der Waals surface area contributed by atoms with E-state index in [2.05, 4.69) is 54.4 Å². The summed E-state index contributed by atoms with van der Waals surface area (Å²) in [5, 5.41) is 2.64. The molecule has 4 heteroatoms. The van der Waals surface area contributed by atoms with Crippen molar-refractivity contribution in [3.8, 4) is 11.1 Å². The van der Waals surface area contributed by atoms with E-state index in [1.165, 1.54) is 27.5 Å². The zero-order valence-electron chi connectivity index (χ0n) is 10.4. The molecule has 3 rings (SSSR count). The van der Waals surface area contributed by atoms with E-state index >= 15 is 0 Å². The summed E-state index contributed by atoms with van der Waals surface area (Å²) in [7, 11) is 0. The van der Waals surface area contributed by atoms with Gasteiger partial charge in [0, 0.05) is 12.4 Å². The van der Waals surface area contributed by atoms with Crippen molar-refractivity contribution >= 4 is 10.8 Å². The maximum atomic E-state index is 4.06. The molecule has 1 radical (unpaired) electrons. The van der Waals surface area contributed by atoms with Crippen LogP contribution >= 0.6 is 0 Å². The second-order valence-corrected chi connectivity index (χ2v) is 4.08. The number of halogens is 2. The zero-order chi connectivity index (χ0) is 11.0. The van der Waals surface area contributed by atoms with Gasteiger partial charge < -0.3 is 24.8 Å². The zero-order valence-corrected chi connectivity index (χ0v) is 14.4. The Morgan fingerprint density at radius 3 is 2.37 bits per heavy atom. The fraction of sp³-hybridized carbons (Fsp3) is 0.0667. The first-order chi connectivity index (χ1) is 7.84. The van der Waals surface area contributed by atoms with Crippen molar-refractivity contribution in [2.24, 2.45) is 0 Å². The second kappa shape index (κ2) is 7.89. The molecule has 0 fully saturated rings. The maximum absolute atomic E-state index is 4.06. The molecule has 0 atom stereocenters. The van der Waals surface area contributed by atoms with E-state index < -0.39 is 0 Å². The van der Waals surface area contributed by atoms with Gasteiger partial charge in [-0.25, -0.2) is 0 Å². The monoisotopic (exact) mass is 366 g/mol. The molecule has 2 aromatic carbocycles. The number of hydrogen-bond acceptors (Lipinski definition) is 1. The summed E-state index contributed by atoms with van der Waals surface area (Å²) in [4.78, 5) is 4.06. The number of rotatable bonds is 1. The molecule has 0 unspecified atom stereocenters. The molecule has 0 saturated heterocycles. The van der Waals surface area contributed by atoms with E-state index in [-0.39, 0.29) is 51.0 Å². The largest absolute Gasteiger partial charge is 3.00 e. The number of pyridine rings is 1. The van der Waals surface area contributed by atoms with Crippen molar-refractivity contribution in [3.63, 3.8) is 0 Å². The van der Waals surface area contributed by atoms with Crippen LogP contribution in [0.5, 0.6) is 0 Å². The molecule has 0 aliphatic rings. The Balaban J connectivity index is 0.00000108. The van der Waals surface area contributed by atoms with Crippen molar-refractivity contribution < 1.29 is 51.0 Å². The molecule has 1 heterocycles. The third-order valence-electron chi connectivity index (χ3n) is 2.89. The van der Waals surface area contributed by atoms with E-state index in [0.29, 0.717) is 0 Å². The number of aromatic nitrogens is 1. The van der Waals surface area contributed by atoms with Gasteiger partial charge in [0.15, 0.2) is 0 Å². The fourth-order valence-corrected chi connectivity index (χ4v) is 2.17. The van der Waals surface area contributed by atoms with Crippen molar-refractivity contribution in [3.05, 3.63) is 60.4 Å². The van der Waals surface area contributed by atoms with Gasteiger partial charge >= 0.3 is 26.2 Å². The Hall–Kier alpha value is -0.557. The maximum Gasteiger partial charge on any atom is 3.00 e. The fourth-order valence-electron chi connectivity index (χ4n) is 2.17. The normalized spacial score (nSPS) is 9.11. The minimum absolute atomic E-state index is 0. The quantitative estimate of drug-likeness (QED) is 0.450. The molecule has 0 aliphatic heterocycles. The first-order valence-corrected chi connectivity index (χ1v) is 5.41. The van der Waals surface area contributed by atoms with Crippen molar-refractivity contribution in [1.29, 1.82) is 0 Å². The first kappa shape index (κ1) is 18.4. The summed E-state index contributed by atoms with van der Waals surface area (Å²) in [6.45, 7) is 2.14. The van der Waals surface area contributed by atoms with E-state index in [0.717, 1.165) is 0 Å². The molecule has 3 aromatic rings. The second-order valence-electron chi connectivity index (χ2n) is 4.08. The minimum Gasteiger partial charge on any atom is -1.00 e. The van der Waals surface area contributed by atoms with Crippen LogP contribution in [0.1, 0.15) is 5.56 Å². The number of nitrogens with zero attached hydrogens (tertiary/aromatic N) is 1. The third kappa shape index (κ3) is 3.72. The predicted molar refractivity (Wildman–Crippen MR) is 67.5 cm³/mol. The number of benzene rings is 1. The van der Waals surface area contributed by atoms with E-state index in [1.807, 2.05) is 12.4 Å². The molecule has 1 aromatic heterocycles. The van der Waals surface area contributed by atoms with E-state index in [1.54, 1.807) is 0 Å². The molecule has 1 nitrogen and oxygen atoms in total. The van der Waals surface area contributed by atoms with Gasteiger partial charge in [0.25, 0.3) is 0 Å². The van der Waals surface area contributed by atoms with Gasteiger partial charge in [-0.05, 0) is 17.7 Å². The standard InChI is InChI=1S/C15H12N.2ClH.Zr/c1-11-9-13-3-2-4-14(15(13)10-11)12-5-7-16-8-6-12;;;/h2-10H,1H3;2*1H;/q-1;;;+3/p-2. The summed E-state index contributed by atoms with van der Waals surface area (Å²) in [6.07, 6.45) is 3.67. The van der Waals surface area contributed by atoms with Gasteiger partial charge in [0.05, 0.1) is 0 Å². The average Bonchev–Trinajstić information content (AvgIpc) is 2.70. The van der Waals surface area contributed by atoms with Crippen LogP contribution in [0.3, 0.4) is 0 Å². The average molecular weight is 368 g/mol. The summed E-state index contributed by atoms with van der Waals surface area (Å²) < 4.78 is 0. The Morgan fingerprint density at radius 1 is 1.00 bits per heavy atom. The SMILES string of the molecule is Cc1cc2c(-c3ccncc3)cccc2[cH-]1.[Cl-].[Cl-].[Zr+3]. The van der Waals surface area contributed by atoms with Crippen molar-refractivity contribution in [1.82, 2.24) is 4.98 Å². The van der Waals surface area contributed by atoms with Gasteiger partial charge in [0.1, 0.15) is 0 Å². The molecule has 19 heavy (non-hydrogen) atoms. The van der Waals surface area contributed by atoms with Gasteiger partial charge in [-0.3, -0.25) is 4.98 Å². The van der Waals surface area contributed by atoms with Crippen LogP contribution < -0.4 is 24.8 Å². The van der Waals surface area contributed by atoms with Crippen LogP contribution in [-0.4, -0.2) is 4.98 Å². The Labute approximate surface area is 144 Å². The number of hydrogen-bond donors (Lipinski definition) is 0. The Kier molecular flexibility index (Phi) is 7.66. The summed E-state index contributed by atoms with van der Waals surface area (Å²) in [6, 6.07) is 15.0. The molecule has 0 amide bonds. The summed E-state index contributed by atoms with van der Waals surface area (Å²) in [5.41, 5.74) is 3.83. The van der Waals surface area contributed by atoms with E-state index in [9.17, 15) is 0 Å². The minimum atomic E-state index is 0. The Morgan fingerprint density at radius 2 is 1.68 bits per heavy atom. The van der Waals surface area contributed by atoms with Gasteiger partial charge in [0.2, 0.25) is 0 Å². The third-order valence-corrected chi connectivity index (χ3v) is 2.89. The molecule has 95 valence electrons. The topological polar surface area (TPSA) is 12.9 Å². The van der Waals surface area contributed by atoms with Crippen LogP contribution in [0.25, 0.3) is 21.9 Å². The van der Waals surface area contributed by atoms with Gasteiger partial charge in [-0.15, -0.1) is 34.5 Å². The van der Waals surface area contributed by atoms with Crippen LogP contribution in [0, 0.1) is 6.92 Å². The molecular formula is C15H12Cl2NZr. The van der Waals surface area contributed by atoms with Gasteiger partial charge in [-0.1, -0.05) is 18.6 Å². The smallest absolute Gasteiger partial charge is 1.00 e. The number of fused-ring (bicyclic) bond motifs is 1. The summed E-state index contributed by atoms with van der Waals surface area (Å²) in [5.74, 6) is 0. The van der Waals surface area contributed by atoms with Gasteiger partial charge in [-0.2, -0.15) is 6.07 Å². The van der Waals surface area contributed by atoms with Crippen molar-refractivity contribution in [2.45, 2.75) is 6.92 Å². The van der Waals surface area contributed by atoms with Crippen LogP contribution in [0.2, 0.25) is 0 Å². The molecule has 0 N–H and O–H groups in total. The molecule has 0 saturated carbocycles. The van der Waals surface area contributed by atoms with Crippen LogP contribution in [-0.2, 0) is 26.2 Å². The molecule has 0 spiro atoms. The molecule has 0 bridgehead atoms. The summed E-state index contributed by atoms with van der Waals surface area (Å²) >= 11 is 0. The first-order valence-electron chi connectivity index (χ1n) is 5.41. The van der Waals surface area contributed by atoms with Crippen LogP contribution in [0.4, 0.5) is 0 Å². The predicted octanol–water partition coefficient (Wildman–Crippen LogP) is -2.07. The molecular weight excluding hydrogens is 356 g/mol. The van der Waals surface area contributed by atoms with E-state index in [4.69, 9.17) is 0 Å². The number of aryl methyl sites for hydroxylation is 1. The molecule has 0 aliphatic carbocycles.